The van der Waals surface area contributed by atoms with E-state index >= 15 is 0 Å². The molecule has 0 fully saturated rings. The Morgan fingerprint density at radius 1 is 1.33 bits per heavy atom. The van der Waals surface area contributed by atoms with Crippen molar-refractivity contribution in [2.75, 3.05) is 43.6 Å². The Labute approximate surface area is 108 Å². The summed E-state index contributed by atoms with van der Waals surface area (Å²) in [5.41, 5.74) is 2.42. The highest BCUT2D eigenvalue weighted by Gasteiger charge is 2.23. The zero-order valence-electron chi connectivity index (χ0n) is 11.2. The topological polar surface area (TPSA) is 32.8 Å². The van der Waals surface area contributed by atoms with Crippen LogP contribution < -0.4 is 9.80 Å². The minimum Gasteiger partial charge on any atom is -0.469 e. The third kappa shape index (κ3) is 2.42. The number of esters is 1. The van der Waals surface area contributed by atoms with Crippen molar-refractivity contribution < 1.29 is 9.53 Å². The molecular weight excluding hydrogens is 228 g/mol. The van der Waals surface area contributed by atoms with Crippen LogP contribution in [-0.2, 0) is 9.53 Å². The highest BCUT2D eigenvalue weighted by molar-refractivity contribution is 5.76. The van der Waals surface area contributed by atoms with Gasteiger partial charge in [-0.15, -0.1) is 0 Å². The maximum atomic E-state index is 11.5. The van der Waals surface area contributed by atoms with E-state index in [1.54, 1.807) is 0 Å². The maximum Gasteiger partial charge on any atom is 0.310 e. The summed E-state index contributed by atoms with van der Waals surface area (Å²) in [5, 5.41) is 0. The first-order valence-corrected chi connectivity index (χ1v) is 6.26. The molecule has 1 aliphatic rings. The first kappa shape index (κ1) is 12.7. The van der Waals surface area contributed by atoms with Crippen LogP contribution in [0.2, 0.25) is 0 Å². The summed E-state index contributed by atoms with van der Waals surface area (Å²) >= 11 is 0. The third-order valence-corrected chi connectivity index (χ3v) is 3.44. The van der Waals surface area contributed by atoms with Gasteiger partial charge in [-0.25, -0.2) is 0 Å². The van der Waals surface area contributed by atoms with E-state index in [9.17, 15) is 4.79 Å². The number of carbonyl (C=O) groups excluding carboxylic acids is 1. The van der Waals surface area contributed by atoms with E-state index in [2.05, 4.69) is 29.0 Å². The summed E-state index contributed by atoms with van der Waals surface area (Å²) in [5.74, 6) is -0.252. The molecule has 1 heterocycles. The monoisotopic (exact) mass is 248 g/mol. The molecule has 1 aromatic rings. The van der Waals surface area contributed by atoms with Crippen molar-refractivity contribution in [1.82, 2.24) is 0 Å². The predicted molar refractivity (Wildman–Crippen MR) is 73.1 cm³/mol. The number of hydrogen-bond acceptors (Lipinski definition) is 4. The SMILES string of the molecule is COC(=O)C(C)CN1CCN(C)c2ccccc21. The summed E-state index contributed by atoms with van der Waals surface area (Å²) in [4.78, 5) is 16.0. The Morgan fingerprint density at radius 2 is 2.00 bits per heavy atom. The molecule has 0 amide bonds. The van der Waals surface area contributed by atoms with Crippen molar-refractivity contribution in [2.45, 2.75) is 6.92 Å². The van der Waals surface area contributed by atoms with Gasteiger partial charge in [0, 0.05) is 26.7 Å². The summed E-state index contributed by atoms with van der Waals surface area (Å²) in [6.45, 7) is 4.53. The number of nitrogens with zero attached hydrogens (tertiary/aromatic N) is 2. The van der Waals surface area contributed by atoms with Gasteiger partial charge in [0.1, 0.15) is 0 Å². The van der Waals surface area contributed by atoms with Gasteiger partial charge in [0.25, 0.3) is 0 Å². The third-order valence-electron chi connectivity index (χ3n) is 3.44. The van der Waals surface area contributed by atoms with Crippen molar-refractivity contribution in [2.24, 2.45) is 5.92 Å². The lowest BCUT2D eigenvalue weighted by Crippen LogP contribution is -2.42. The lowest BCUT2D eigenvalue weighted by molar-refractivity contribution is -0.144. The Bertz CT molecular complexity index is 434. The predicted octanol–water partition coefficient (Wildman–Crippen LogP) is 1.75. The summed E-state index contributed by atoms with van der Waals surface area (Å²) in [7, 11) is 3.54. The molecule has 0 spiro atoms. The van der Waals surface area contributed by atoms with Gasteiger partial charge < -0.3 is 14.5 Å². The molecule has 0 saturated heterocycles. The lowest BCUT2D eigenvalue weighted by Gasteiger charge is -2.37. The minimum atomic E-state index is -0.147. The van der Waals surface area contributed by atoms with Gasteiger partial charge >= 0.3 is 5.97 Å². The second-order valence-corrected chi connectivity index (χ2v) is 4.78. The number of hydrogen-bond donors (Lipinski definition) is 0. The second-order valence-electron chi connectivity index (χ2n) is 4.78. The highest BCUT2D eigenvalue weighted by Crippen LogP contribution is 2.32. The van der Waals surface area contributed by atoms with E-state index in [1.165, 1.54) is 18.5 Å². The molecule has 0 bridgehead atoms. The molecule has 4 nitrogen and oxygen atoms in total. The molecule has 1 aromatic carbocycles. The minimum absolute atomic E-state index is 0.105. The number of fused-ring (bicyclic) bond motifs is 1. The van der Waals surface area contributed by atoms with Gasteiger partial charge in [-0.05, 0) is 12.1 Å². The van der Waals surface area contributed by atoms with Crippen LogP contribution in [0, 0.1) is 5.92 Å². The standard InChI is InChI=1S/C14H20N2O2/c1-11(14(17)18-3)10-16-9-8-15(2)12-6-4-5-7-13(12)16/h4-7,11H,8-10H2,1-3H3. The highest BCUT2D eigenvalue weighted by atomic mass is 16.5. The molecule has 0 aliphatic carbocycles. The zero-order valence-corrected chi connectivity index (χ0v) is 11.2. The first-order chi connectivity index (χ1) is 8.63. The Kier molecular flexibility index (Phi) is 3.75. The average molecular weight is 248 g/mol. The second kappa shape index (κ2) is 5.29. The Morgan fingerprint density at radius 3 is 2.67 bits per heavy atom. The largest absolute Gasteiger partial charge is 0.469 e. The fourth-order valence-electron chi connectivity index (χ4n) is 2.36. The number of ether oxygens (including phenoxy) is 1. The number of methoxy groups -OCH3 is 1. The van der Waals surface area contributed by atoms with Crippen LogP contribution in [0.3, 0.4) is 0 Å². The van der Waals surface area contributed by atoms with Crippen LogP contribution in [0.15, 0.2) is 24.3 Å². The lowest BCUT2D eigenvalue weighted by atomic mass is 10.1. The average Bonchev–Trinajstić information content (AvgIpc) is 2.41. The summed E-state index contributed by atoms with van der Waals surface area (Å²) in [6.07, 6.45) is 0. The fourth-order valence-corrected chi connectivity index (χ4v) is 2.36. The van der Waals surface area contributed by atoms with Gasteiger partial charge in [-0.1, -0.05) is 19.1 Å². The number of para-hydroxylation sites is 2. The van der Waals surface area contributed by atoms with E-state index in [-0.39, 0.29) is 11.9 Å². The number of benzene rings is 1. The van der Waals surface area contributed by atoms with Crippen LogP contribution in [-0.4, -0.2) is 39.8 Å². The van der Waals surface area contributed by atoms with Gasteiger partial charge in [-0.2, -0.15) is 0 Å². The smallest absolute Gasteiger partial charge is 0.310 e. The van der Waals surface area contributed by atoms with Crippen LogP contribution in [0.1, 0.15) is 6.92 Å². The number of likely N-dealkylation sites (N-methyl/N-ethyl adjacent to an activating group) is 1. The van der Waals surface area contributed by atoms with E-state index in [0.717, 1.165) is 13.1 Å². The molecule has 1 aliphatic heterocycles. The van der Waals surface area contributed by atoms with E-state index in [0.29, 0.717) is 6.54 Å². The van der Waals surface area contributed by atoms with Crippen molar-refractivity contribution in [3.63, 3.8) is 0 Å². The van der Waals surface area contributed by atoms with Gasteiger partial charge in [0.15, 0.2) is 0 Å². The molecule has 0 aromatic heterocycles. The Hall–Kier alpha value is -1.71. The van der Waals surface area contributed by atoms with Crippen LogP contribution in [0.5, 0.6) is 0 Å². The van der Waals surface area contributed by atoms with Crippen molar-refractivity contribution in [3.8, 4) is 0 Å². The van der Waals surface area contributed by atoms with Gasteiger partial charge in [0.2, 0.25) is 0 Å². The quantitative estimate of drug-likeness (QED) is 0.763. The normalized spacial score (nSPS) is 16.2. The molecule has 1 unspecified atom stereocenters. The molecular formula is C14H20N2O2. The fraction of sp³-hybridized carbons (Fsp3) is 0.500. The first-order valence-electron chi connectivity index (χ1n) is 6.26. The van der Waals surface area contributed by atoms with Gasteiger partial charge in [-0.3, -0.25) is 4.79 Å². The Balaban J connectivity index is 2.16. The van der Waals surface area contributed by atoms with Crippen molar-refractivity contribution in [3.05, 3.63) is 24.3 Å². The van der Waals surface area contributed by atoms with Gasteiger partial charge in [0.05, 0.1) is 24.4 Å². The van der Waals surface area contributed by atoms with E-state index < -0.39 is 0 Å². The summed E-state index contributed by atoms with van der Waals surface area (Å²) < 4.78 is 4.79. The van der Waals surface area contributed by atoms with Crippen molar-refractivity contribution >= 4 is 17.3 Å². The van der Waals surface area contributed by atoms with Crippen molar-refractivity contribution in [1.29, 1.82) is 0 Å². The molecule has 1 atom stereocenters. The molecule has 2 rings (SSSR count). The van der Waals surface area contributed by atoms with Crippen LogP contribution in [0.4, 0.5) is 11.4 Å². The molecule has 0 N–H and O–H groups in total. The maximum absolute atomic E-state index is 11.5. The van der Waals surface area contributed by atoms with Crippen LogP contribution in [0.25, 0.3) is 0 Å². The molecule has 18 heavy (non-hydrogen) atoms. The van der Waals surface area contributed by atoms with E-state index in [4.69, 9.17) is 4.74 Å². The van der Waals surface area contributed by atoms with E-state index in [1.807, 2.05) is 19.1 Å². The molecule has 4 heteroatoms. The molecule has 0 radical (unpaired) electrons. The molecule has 0 saturated carbocycles. The number of rotatable bonds is 3. The molecule has 98 valence electrons. The number of carbonyl (C=O) groups is 1. The number of anilines is 2. The zero-order chi connectivity index (χ0) is 13.1. The summed E-state index contributed by atoms with van der Waals surface area (Å²) in [6, 6.07) is 8.30. The van der Waals surface area contributed by atoms with Crippen LogP contribution >= 0.6 is 0 Å².